The van der Waals surface area contributed by atoms with Gasteiger partial charge in [-0.25, -0.2) is 0 Å². The fourth-order valence-electron chi connectivity index (χ4n) is 3.48. The Morgan fingerprint density at radius 3 is 2.21 bits per heavy atom. The van der Waals surface area contributed by atoms with E-state index >= 15 is 0 Å². The van der Waals surface area contributed by atoms with Gasteiger partial charge in [-0.1, -0.05) is 70.0 Å². The third-order valence-corrected chi connectivity index (χ3v) is 5.92. The summed E-state index contributed by atoms with van der Waals surface area (Å²) < 4.78 is 6.68. The van der Waals surface area contributed by atoms with E-state index in [0.717, 1.165) is 15.6 Å². The summed E-state index contributed by atoms with van der Waals surface area (Å²) >= 11 is 9.44. The third kappa shape index (κ3) is 7.89. The van der Waals surface area contributed by atoms with Gasteiger partial charge in [-0.3, -0.25) is 9.59 Å². The molecule has 0 saturated heterocycles. The first-order chi connectivity index (χ1) is 16.3. The highest BCUT2D eigenvalue weighted by Crippen LogP contribution is 2.19. The van der Waals surface area contributed by atoms with E-state index in [2.05, 4.69) is 21.2 Å². The Hall–Kier alpha value is -2.83. The summed E-state index contributed by atoms with van der Waals surface area (Å²) in [5.74, 6) is 0.0942. The number of halogens is 2. The van der Waals surface area contributed by atoms with Crippen molar-refractivity contribution < 1.29 is 14.3 Å². The minimum absolute atomic E-state index is 0.0581. The molecule has 5 nitrogen and oxygen atoms in total. The second-order valence-corrected chi connectivity index (χ2v) is 9.61. The quantitative estimate of drug-likeness (QED) is 0.360. The maximum Gasteiger partial charge on any atom is 0.261 e. The number of hydrogen-bond donors (Lipinski definition) is 1. The van der Waals surface area contributed by atoms with E-state index in [-0.39, 0.29) is 31.0 Å². The highest BCUT2D eigenvalue weighted by atomic mass is 79.9. The van der Waals surface area contributed by atoms with Crippen LogP contribution in [0.15, 0.2) is 83.3 Å². The van der Waals surface area contributed by atoms with Crippen LogP contribution in [0.3, 0.4) is 0 Å². The van der Waals surface area contributed by atoms with Gasteiger partial charge in [0.05, 0.1) is 0 Å². The molecule has 0 fully saturated rings. The predicted octanol–water partition coefficient (Wildman–Crippen LogP) is 5.65. The Labute approximate surface area is 214 Å². The van der Waals surface area contributed by atoms with Crippen LogP contribution in [-0.4, -0.2) is 35.4 Å². The van der Waals surface area contributed by atoms with Crippen LogP contribution >= 0.6 is 27.5 Å². The van der Waals surface area contributed by atoms with Crippen LogP contribution in [0.1, 0.15) is 25.0 Å². The first-order valence-electron chi connectivity index (χ1n) is 11.1. The molecule has 0 spiro atoms. The van der Waals surface area contributed by atoms with Gasteiger partial charge >= 0.3 is 0 Å². The minimum atomic E-state index is -0.707. The molecule has 34 heavy (non-hydrogen) atoms. The lowest BCUT2D eigenvalue weighted by Crippen LogP contribution is -2.52. The zero-order chi connectivity index (χ0) is 24.5. The van der Waals surface area contributed by atoms with Crippen molar-refractivity contribution in [2.45, 2.75) is 38.9 Å². The largest absolute Gasteiger partial charge is 0.484 e. The third-order valence-electron chi connectivity index (χ3n) is 5.14. The first kappa shape index (κ1) is 25.8. The van der Waals surface area contributed by atoms with Gasteiger partial charge in [0.2, 0.25) is 5.91 Å². The molecule has 0 heterocycles. The Morgan fingerprint density at radius 1 is 0.941 bits per heavy atom. The molecule has 3 aromatic rings. The van der Waals surface area contributed by atoms with Gasteiger partial charge in [-0.05, 0) is 61.4 Å². The van der Waals surface area contributed by atoms with Crippen LogP contribution in [-0.2, 0) is 22.6 Å². The van der Waals surface area contributed by atoms with Gasteiger partial charge in [-0.2, -0.15) is 0 Å². The van der Waals surface area contributed by atoms with Gasteiger partial charge in [0.25, 0.3) is 5.91 Å². The lowest BCUT2D eigenvalue weighted by atomic mass is 10.0. The molecule has 3 rings (SSSR count). The summed E-state index contributed by atoms with van der Waals surface area (Å²) in [6.45, 7) is 3.87. The SMILES string of the molecule is CC(C)NC(=O)[C@@H](Cc1ccccc1)N(Cc1ccc(Cl)cc1)C(=O)COc1ccc(Br)cc1. The van der Waals surface area contributed by atoms with Crippen LogP contribution < -0.4 is 10.1 Å². The molecular formula is C27H28BrClN2O3. The highest BCUT2D eigenvalue weighted by molar-refractivity contribution is 9.10. The van der Waals surface area contributed by atoms with Crippen molar-refractivity contribution >= 4 is 39.3 Å². The van der Waals surface area contributed by atoms with Gasteiger partial charge in [0, 0.05) is 28.5 Å². The lowest BCUT2D eigenvalue weighted by molar-refractivity contribution is -0.143. The molecule has 178 valence electrons. The number of hydrogen-bond acceptors (Lipinski definition) is 3. The van der Waals surface area contributed by atoms with E-state index in [4.69, 9.17) is 16.3 Å². The first-order valence-corrected chi connectivity index (χ1v) is 12.3. The number of carbonyl (C=O) groups is 2. The fraction of sp³-hybridized carbons (Fsp3) is 0.259. The normalized spacial score (nSPS) is 11.7. The standard InChI is InChI=1S/C27H28BrClN2O3/c1-19(2)30-27(33)25(16-20-6-4-3-5-7-20)31(17-21-8-12-23(29)13-9-21)26(32)18-34-24-14-10-22(28)11-15-24/h3-15,19,25H,16-18H2,1-2H3,(H,30,33)/t25-/m1/s1. The van der Waals surface area contributed by atoms with E-state index in [9.17, 15) is 9.59 Å². The number of ether oxygens (including phenoxy) is 1. The van der Waals surface area contributed by atoms with Crippen LogP contribution in [0.25, 0.3) is 0 Å². The van der Waals surface area contributed by atoms with Gasteiger partial charge in [-0.15, -0.1) is 0 Å². The van der Waals surface area contributed by atoms with Crippen LogP contribution in [0.5, 0.6) is 5.75 Å². The number of rotatable bonds is 10. The van der Waals surface area contributed by atoms with Crippen molar-refractivity contribution in [3.8, 4) is 5.75 Å². The average Bonchev–Trinajstić information content (AvgIpc) is 2.82. The zero-order valence-electron chi connectivity index (χ0n) is 19.2. The van der Waals surface area contributed by atoms with Crippen molar-refractivity contribution in [3.05, 3.63) is 99.5 Å². The summed E-state index contributed by atoms with van der Waals surface area (Å²) in [7, 11) is 0. The van der Waals surface area contributed by atoms with Gasteiger partial charge in [0.1, 0.15) is 11.8 Å². The summed E-state index contributed by atoms with van der Waals surface area (Å²) in [6.07, 6.45) is 0.386. The second-order valence-electron chi connectivity index (χ2n) is 8.26. The Morgan fingerprint density at radius 2 is 1.59 bits per heavy atom. The summed E-state index contributed by atoms with van der Waals surface area (Å²) in [4.78, 5) is 28.3. The number of nitrogens with one attached hydrogen (secondary N) is 1. The van der Waals surface area contributed by atoms with E-state index in [1.54, 1.807) is 29.2 Å². The molecular weight excluding hydrogens is 516 g/mol. The molecule has 7 heteroatoms. The van der Waals surface area contributed by atoms with Crippen LogP contribution in [0.2, 0.25) is 5.02 Å². The molecule has 1 N–H and O–H groups in total. The molecule has 0 aliphatic carbocycles. The number of carbonyl (C=O) groups excluding carboxylic acids is 2. The van der Waals surface area contributed by atoms with E-state index in [1.807, 2.05) is 68.4 Å². The number of amides is 2. The fourth-order valence-corrected chi connectivity index (χ4v) is 3.87. The zero-order valence-corrected chi connectivity index (χ0v) is 21.6. The van der Waals surface area contributed by atoms with Crippen molar-refractivity contribution in [2.75, 3.05) is 6.61 Å². The maximum absolute atomic E-state index is 13.5. The number of nitrogens with zero attached hydrogens (tertiary/aromatic N) is 1. The summed E-state index contributed by atoms with van der Waals surface area (Å²) in [5.41, 5.74) is 1.84. The molecule has 3 aromatic carbocycles. The van der Waals surface area contributed by atoms with E-state index < -0.39 is 6.04 Å². The minimum Gasteiger partial charge on any atom is -0.484 e. The summed E-state index contributed by atoms with van der Waals surface area (Å²) in [5, 5.41) is 3.58. The average molecular weight is 544 g/mol. The van der Waals surface area contributed by atoms with Crippen molar-refractivity contribution in [1.82, 2.24) is 10.2 Å². The van der Waals surface area contributed by atoms with Crippen LogP contribution in [0, 0.1) is 0 Å². The predicted molar refractivity (Wildman–Crippen MR) is 139 cm³/mol. The highest BCUT2D eigenvalue weighted by Gasteiger charge is 2.31. The molecule has 0 aliphatic heterocycles. The van der Waals surface area contributed by atoms with Gasteiger partial charge in [0.15, 0.2) is 6.61 Å². The Bertz CT molecular complexity index is 1070. The second kappa shape index (κ2) is 12.6. The monoisotopic (exact) mass is 542 g/mol. The molecule has 0 aliphatic rings. The van der Waals surface area contributed by atoms with Crippen molar-refractivity contribution in [1.29, 1.82) is 0 Å². The van der Waals surface area contributed by atoms with E-state index in [0.29, 0.717) is 17.2 Å². The molecule has 0 bridgehead atoms. The smallest absolute Gasteiger partial charge is 0.261 e. The lowest BCUT2D eigenvalue weighted by Gasteiger charge is -2.32. The van der Waals surface area contributed by atoms with Crippen molar-refractivity contribution in [3.63, 3.8) is 0 Å². The topological polar surface area (TPSA) is 58.6 Å². The Balaban J connectivity index is 1.89. The summed E-state index contributed by atoms with van der Waals surface area (Å²) in [6, 6.07) is 23.5. The van der Waals surface area contributed by atoms with Gasteiger partial charge < -0.3 is 15.0 Å². The molecule has 2 amide bonds. The Kier molecular flexibility index (Phi) is 9.54. The molecule has 0 saturated carbocycles. The maximum atomic E-state index is 13.5. The van der Waals surface area contributed by atoms with Crippen molar-refractivity contribution in [2.24, 2.45) is 0 Å². The van der Waals surface area contributed by atoms with E-state index in [1.165, 1.54) is 0 Å². The molecule has 0 aromatic heterocycles. The number of benzene rings is 3. The molecule has 1 atom stereocenters. The van der Waals surface area contributed by atoms with Crippen LogP contribution in [0.4, 0.5) is 0 Å². The molecule has 0 unspecified atom stereocenters. The molecule has 0 radical (unpaired) electrons.